The molecule has 7 heteroatoms. The average Bonchev–Trinajstić information content (AvgIpc) is 2.31. The molecule has 0 unspecified atom stereocenters. The van der Waals surface area contributed by atoms with E-state index >= 15 is 0 Å². The van der Waals surface area contributed by atoms with E-state index < -0.39 is 5.56 Å². The van der Waals surface area contributed by atoms with Crippen LogP contribution in [0.5, 0.6) is 11.6 Å². The molecule has 3 N–H and O–H groups in total. The number of rotatable bonds is 2. The summed E-state index contributed by atoms with van der Waals surface area (Å²) in [7, 11) is 0. The van der Waals surface area contributed by atoms with Crippen LogP contribution in [0.4, 0.5) is 5.69 Å². The first-order valence-corrected chi connectivity index (χ1v) is 5.71. The molecule has 1 aromatic carbocycles. The van der Waals surface area contributed by atoms with Gasteiger partial charge in [-0.25, -0.2) is 4.98 Å². The van der Waals surface area contributed by atoms with Gasteiger partial charge in [0.05, 0.1) is 10.8 Å². The van der Waals surface area contributed by atoms with Crippen LogP contribution in [0.1, 0.15) is 0 Å². The molecule has 0 fully saturated rings. The molecule has 17 heavy (non-hydrogen) atoms. The summed E-state index contributed by atoms with van der Waals surface area (Å²) in [5.41, 5.74) is 5.75. The van der Waals surface area contributed by atoms with Crippen LogP contribution in [-0.2, 0) is 0 Å². The molecule has 2 aromatic rings. The second-order valence-electron chi connectivity index (χ2n) is 3.11. The number of hydrogen-bond acceptors (Lipinski definition) is 4. The normalized spacial score (nSPS) is 10.2. The van der Waals surface area contributed by atoms with Gasteiger partial charge in [0.2, 0.25) is 5.88 Å². The zero-order chi connectivity index (χ0) is 12.4. The number of ether oxygens (including phenoxy) is 1. The van der Waals surface area contributed by atoms with Crippen LogP contribution in [0.25, 0.3) is 0 Å². The molecule has 0 amide bonds. The van der Waals surface area contributed by atoms with Crippen LogP contribution in [0.2, 0.25) is 5.02 Å². The van der Waals surface area contributed by atoms with Gasteiger partial charge in [-0.2, -0.15) is 0 Å². The molecule has 0 atom stereocenters. The molecule has 88 valence electrons. The van der Waals surface area contributed by atoms with Gasteiger partial charge in [-0.05, 0) is 28.1 Å². The third-order valence-corrected chi connectivity index (χ3v) is 3.15. The number of aromatic nitrogens is 2. The van der Waals surface area contributed by atoms with E-state index in [1.165, 1.54) is 6.33 Å². The molecule has 0 aliphatic carbocycles. The topological polar surface area (TPSA) is 81.0 Å². The maximum Gasteiger partial charge on any atom is 0.273 e. The lowest BCUT2D eigenvalue weighted by Gasteiger charge is -2.08. The number of anilines is 1. The van der Waals surface area contributed by atoms with E-state index in [0.29, 0.717) is 15.9 Å². The maximum absolute atomic E-state index is 11.2. The van der Waals surface area contributed by atoms with E-state index in [1.807, 2.05) is 0 Å². The molecule has 0 bridgehead atoms. The number of H-pyrrole nitrogens is 1. The van der Waals surface area contributed by atoms with E-state index in [4.69, 9.17) is 22.1 Å². The fourth-order valence-corrected chi connectivity index (χ4v) is 1.64. The van der Waals surface area contributed by atoms with Crippen molar-refractivity contribution in [3.8, 4) is 11.6 Å². The minimum Gasteiger partial charge on any atom is -0.436 e. The van der Waals surface area contributed by atoms with Crippen molar-refractivity contribution in [2.45, 2.75) is 0 Å². The molecular weight excluding hydrogens is 309 g/mol. The number of nitrogens with two attached hydrogens (primary N) is 1. The number of halogens is 2. The van der Waals surface area contributed by atoms with Crippen LogP contribution in [0.3, 0.4) is 0 Å². The Kier molecular flexibility index (Phi) is 3.35. The van der Waals surface area contributed by atoms with E-state index in [0.717, 1.165) is 0 Å². The van der Waals surface area contributed by atoms with Crippen LogP contribution >= 0.6 is 27.5 Å². The van der Waals surface area contributed by atoms with Crippen molar-refractivity contribution in [3.05, 3.63) is 44.4 Å². The number of hydrogen-bond donors (Lipinski definition) is 2. The van der Waals surface area contributed by atoms with Crippen molar-refractivity contribution < 1.29 is 4.74 Å². The molecule has 0 aliphatic rings. The van der Waals surface area contributed by atoms with Crippen molar-refractivity contribution in [3.63, 3.8) is 0 Å². The summed E-state index contributed by atoms with van der Waals surface area (Å²) >= 11 is 9.03. The van der Waals surface area contributed by atoms with Crippen LogP contribution < -0.4 is 16.0 Å². The Labute approximate surface area is 110 Å². The Balaban J connectivity index is 2.42. The number of benzene rings is 1. The van der Waals surface area contributed by atoms with E-state index in [9.17, 15) is 4.79 Å². The van der Waals surface area contributed by atoms with Gasteiger partial charge in [-0.3, -0.25) is 4.79 Å². The van der Waals surface area contributed by atoms with Crippen molar-refractivity contribution in [2.75, 3.05) is 5.73 Å². The van der Waals surface area contributed by atoms with Gasteiger partial charge in [0, 0.05) is 5.69 Å². The molecule has 0 saturated heterocycles. The van der Waals surface area contributed by atoms with Gasteiger partial charge in [-0.1, -0.05) is 17.7 Å². The van der Waals surface area contributed by atoms with Crippen molar-refractivity contribution in [2.24, 2.45) is 0 Å². The second-order valence-corrected chi connectivity index (χ2v) is 4.28. The average molecular weight is 317 g/mol. The summed E-state index contributed by atoms with van der Waals surface area (Å²) in [4.78, 5) is 17.4. The second kappa shape index (κ2) is 4.77. The fraction of sp³-hybridized carbons (Fsp3) is 0. The van der Waals surface area contributed by atoms with Crippen LogP contribution in [0.15, 0.2) is 33.8 Å². The number of nitrogen functional groups attached to an aromatic ring is 1. The highest BCUT2D eigenvalue weighted by atomic mass is 79.9. The summed E-state index contributed by atoms with van der Waals surface area (Å²) in [5, 5.41) is -0.109. The largest absolute Gasteiger partial charge is 0.436 e. The standard InChI is InChI=1S/C10H7BrClN3O2/c11-7-5(13)2-1-3-6(7)17-10-8(12)9(16)14-4-15-10/h1-4H,13H2,(H,14,15,16). The summed E-state index contributed by atoms with van der Waals surface area (Å²) in [6.45, 7) is 0. The third kappa shape index (κ3) is 2.42. The highest BCUT2D eigenvalue weighted by molar-refractivity contribution is 9.10. The lowest BCUT2D eigenvalue weighted by atomic mass is 10.3. The third-order valence-electron chi connectivity index (χ3n) is 1.96. The number of nitrogens with zero attached hydrogens (tertiary/aromatic N) is 1. The van der Waals surface area contributed by atoms with Crippen LogP contribution in [-0.4, -0.2) is 9.97 Å². The molecule has 0 spiro atoms. The van der Waals surface area contributed by atoms with E-state index in [1.54, 1.807) is 18.2 Å². The van der Waals surface area contributed by atoms with Gasteiger partial charge in [0.15, 0.2) is 5.02 Å². The molecule has 2 rings (SSSR count). The van der Waals surface area contributed by atoms with Crippen molar-refractivity contribution >= 4 is 33.2 Å². The molecule has 0 saturated carbocycles. The zero-order valence-electron chi connectivity index (χ0n) is 8.41. The monoisotopic (exact) mass is 315 g/mol. The summed E-state index contributed by atoms with van der Waals surface area (Å²) in [6, 6.07) is 5.11. The fourth-order valence-electron chi connectivity index (χ4n) is 1.15. The Morgan fingerprint density at radius 1 is 1.47 bits per heavy atom. The number of nitrogens with one attached hydrogen (secondary N) is 1. The molecular formula is C10H7BrClN3O2. The molecule has 1 heterocycles. The lowest BCUT2D eigenvalue weighted by Crippen LogP contribution is -2.08. The van der Waals surface area contributed by atoms with Gasteiger partial charge in [-0.15, -0.1) is 0 Å². The Morgan fingerprint density at radius 3 is 3.00 bits per heavy atom. The molecule has 5 nitrogen and oxygen atoms in total. The van der Waals surface area contributed by atoms with Gasteiger partial charge in [0.1, 0.15) is 5.75 Å². The maximum atomic E-state index is 11.2. The predicted octanol–water partition coefficient (Wildman–Crippen LogP) is 2.56. The molecule has 0 aliphatic heterocycles. The van der Waals surface area contributed by atoms with Crippen LogP contribution in [0, 0.1) is 0 Å². The quantitative estimate of drug-likeness (QED) is 0.834. The van der Waals surface area contributed by atoms with Crippen molar-refractivity contribution in [1.29, 1.82) is 0 Å². The Morgan fingerprint density at radius 2 is 2.24 bits per heavy atom. The first-order chi connectivity index (χ1) is 8.09. The smallest absolute Gasteiger partial charge is 0.273 e. The predicted molar refractivity (Wildman–Crippen MR) is 68.5 cm³/mol. The highest BCUT2D eigenvalue weighted by Crippen LogP contribution is 2.34. The first-order valence-electron chi connectivity index (χ1n) is 4.54. The SMILES string of the molecule is Nc1cccc(Oc2nc[nH]c(=O)c2Cl)c1Br. The van der Waals surface area contributed by atoms with Crippen molar-refractivity contribution in [1.82, 2.24) is 9.97 Å². The summed E-state index contributed by atoms with van der Waals surface area (Å²) in [5.74, 6) is 0.465. The minimum atomic E-state index is -0.461. The highest BCUT2D eigenvalue weighted by Gasteiger charge is 2.11. The summed E-state index contributed by atoms with van der Waals surface area (Å²) < 4.78 is 5.99. The Hall–Kier alpha value is -1.53. The van der Waals surface area contributed by atoms with E-state index in [-0.39, 0.29) is 10.9 Å². The molecule has 1 aromatic heterocycles. The lowest BCUT2D eigenvalue weighted by molar-refractivity contribution is 0.458. The zero-order valence-corrected chi connectivity index (χ0v) is 10.7. The minimum absolute atomic E-state index is 0.0294. The number of aromatic amines is 1. The molecule has 0 radical (unpaired) electrons. The van der Waals surface area contributed by atoms with Gasteiger partial charge in [0.25, 0.3) is 5.56 Å². The first kappa shape index (κ1) is 11.9. The Bertz CT molecular complexity index is 615. The van der Waals surface area contributed by atoms with Gasteiger partial charge < -0.3 is 15.5 Å². The van der Waals surface area contributed by atoms with E-state index in [2.05, 4.69) is 25.9 Å². The van der Waals surface area contributed by atoms with Gasteiger partial charge >= 0.3 is 0 Å². The summed E-state index contributed by atoms with van der Waals surface area (Å²) in [6.07, 6.45) is 1.21.